The van der Waals surface area contributed by atoms with Crippen molar-refractivity contribution in [2.45, 2.75) is 18.6 Å². The summed E-state index contributed by atoms with van der Waals surface area (Å²) in [4.78, 5) is 6.34. The van der Waals surface area contributed by atoms with Crippen LogP contribution in [0, 0.1) is 13.7 Å². The molecular formula is C21H23N7O2S. The molecule has 2 heterocycles. The third kappa shape index (κ3) is 4.07. The van der Waals surface area contributed by atoms with Crippen LogP contribution in [0.5, 0.6) is 0 Å². The summed E-state index contributed by atoms with van der Waals surface area (Å²) in [5, 5.41) is 10.9. The van der Waals surface area contributed by atoms with Crippen LogP contribution in [0.3, 0.4) is 0 Å². The maximum atomic E-state index is 12.4. The summed E-state index contributed by atoms with van der Waals surface area (Å²) in [5.41, 5.74) is -4.00. The van der Waals surface area contributed by atoms with Crippen LogP contribution in [0.2, 0.25) is 0 Å². The van der Waals surface area contributed by atoms with Crippen molar-refractivity contribution in [3.05, 3.63) is 59.7 Å². The van der Waals surface area contributed by atoms with Gasteiger partial charge in [-0.3, -0.25) is 4.68 Å². The van der Waals surface area contributed by atoms with Gasteiger partial charge in [0.25, 0.3) is 0 Å². The van der Waals surface area contributed by atoms with Crippen molar-refractivity contribution in [3.63, 3.8) is 0 Å². The lowest BCUT2D eigenvalue weighted by Gasteiger charge is -2.19. The average Bonchev–Trinajstić information content (AvgIpc) is 3.27. The number of aromatic nitrogens is 4. The van der Waals surface area contributed by atoms with Gasteiger partial charge in [0.2, 0.25) is 16.0 Å². The molecule has 0 unspecified atom stereocenters. The predicted molar refractivity (Wildman–Crippen MR) is 121 cm³/mol. The van der Waals surface area contributed by atoms with Gasteiger partial charge in [0.15, 0.2) is 0 Å². The van der Waals surface area contributed by atoms with Gasteiger partial charge in [-0.2, -0.15) is 10.1 Å². The standard InChI is InChI=1S/C21H23N7O2S/c1-13-5-6-15(11-19(13)31(22,29)30)24-21-23-10-9-20(25-21)27(3)16-7-8-17-14(2)28(4)26-18(17)12-16/h5-12H,1-4H3,(H2,22,29,30)(H,23,24,25)/i1D3,2D3,3D3,5D,6D,7D,8D,9D,10D,11D,12D. The maximum Gasteiger partial charge on any atom is 0.238 e. The smallest absolute Gasteiger partial charge is 0.238 e. The molecule has 31 heavy (non-hydrogen) atoms. The lowest BCUT2D eigenvalue weighted by Crippen LogP contribution is -2.14. The van der Waals surface area contributed by atoms with E-state index in [0.717, 1.165) is 4.68 Å². The number of nitrogens with two attached hydrogens (primary N) is 1. The predicted octanol–water partition coefficient (Wildman–Crippen LogP) is 3.14. The highest BCUT2D eigenvalue weighted by atomic mass is 32.2. The van der Waals surface area contributed by atoms with Gasteiger partial charge in [-0.25, -0.2) is 18.5 Å². The number of rotatable bonds is 5. The molecule has 0 aliphatic rings. The Hall–Kier alpha value is -3.50. The summed E-state index contributed by atoms with van der Waals surface area (Å²) in [5.74, 6) is -1.88. The van der Waals surface area contributed by atoms with Gasteiger partial charge in [0, 0.05) is 55.0 Å². The van der Waals surface area contributed by atoms with E-state index in [0.29, 0.717) is 0 Å². The number of sulfonamides is 1. The highest BCUT2D eigenvalue weighted by Gasteiger charge is 2.14. The number of nitrogens with one attached hydrogen (secondary N) is 1. The Balaban J connectivity index is 2.04. The molecule has 0 radical (unpaired) electrons. The Labute approximate surface area is 204 Å². The largest absolute Gasteiger partial charge is 0.329 e. The van der Waals surface area contributed by atoms with Crippen LogP contribution in [0.15, 0.2) is 53.4 Å². The molecule has 0 saturated carbocycles. The van der Waals surface area contributed by atoms with Crippen molar-refractivity contribution in [3.8, 4) is 0 Å². The first-order valence-electron chi connectivity index (χ1n) is 16.7. The van der Waals surface area contributed by atoms with Crippen LogP contribution in [0.1, 0.15) is 34.6 Å². The van der Waals surface area contributed by atoms with E-state index in [1.54, 1.807) is 0 Å². The third-order valence-corrected chi connectivity index (χ3v) is 4.74. The van der Waals surface area contributed by atoms with Gasteiger partial charge in [-0.15, -0.1) is 0 Å². The molecule has 9 nitrogen and oxygen atoms in total. The Morgan fingerprint density at radius 2 is 2.06 bits per heavy atom. The second-order valence-corrected chi connectivity index (χ2v) is 7.48. The minimum absolute atomic E-state index is 0.165. The number of anilines is 4. The van der Waals surface area contributed by atoms with Gasteiger partial charge in [0.05, 0.1) is 21.4 Å². The van der Waals surface area contributed by atoms with Gasteiger partial charge in [-0.05, 0) is 55.5 Å². The van der Waals surface area contributed by atoms with Crippen molar-refractivity contribution in [1.29, 1.82) is 0 Å². The first-order chi connectivity index (χ1) is 21.6. The second-order valence-electron chi connectivity index (χ2n) is 5.99. The van der Waals surface area contributed by atoms with Gasteiger partial charge >= 0.3 is 0 Å². The summed E-state index contributed by atoms with van der Waals surface area (Å²) in [6.45, 7) is -9.60. The van der Waals surface area contributed by atoms with Crippen LogP contribution in [0.25, 0.3) is 10.9 Å². The Bertz CT molecular complexity index is 2110. The summed E-state index contributed by atoms with van der Waals surface area (Å²) < 4.78 is 164. The maximum absolute atomic E-state index is 12.4. The molecule has 0 aliphatic carbocycles. The monoisotopic (exact) mass is 454 g/mol. The van der Waals surface area contributed by atoms with E-state index < -0.39 is 129 Å². The van der Waals surface area contributed by atoms with E-state index in [2.05, 4.69) is 20.4 Å². The van der Waals surface area contributed by atoms with Crippen LogP contribution < -0.4 is 15.4 Å². The lowest BCUT2D eigenvalue weighted by atomic mass is 10.2. The van der Waals surface area contributed by atoms with Crippen molar-refractivity contribution in [1.82, 2.24) is 19.7 Å². The molecule has 0 atom stereocenters. The van der Waals surface area contributed by atoms with Gasteiger partial charge in [-0.1, -0.05) is 6.04 Å². The molecule has 0 amide bonds. The van der Waals surface area contributed by atoms with Crippen molar-refractivity contribution in [2.75, 3.05) is 17.2 Å². The van der Waals surface area contributed by atoms with E-state index in [4.69, 9.17) is 28.4 Å². The molecule has 2 aromatic carbocycles. The van der Waals surface area contributed by atoms with Crippen molar-refractivity contribution in [2.24, 2.45) is 12.2 Å². The number of fused-ring (bicyclic) bond motifs is 1. The number of primary sulfonamides is 1. The molecule has 2 aromatic heterocycles. The Kier molecular flexibility index (Phi) is 2.11. The molecule has 0 spiro atoms. The molecule has 4 rings (SSSR count). The molecule has 10 heteroatoms. The Morgan fingerprint density at radius 1 is 1.19 bits per heavy atom. The van der Waals surface area contributed by atoms with Crippen LogP contribution in [-0.4, -0.2) is 35.1 Å². The zero-order valence-electron chi connectivity index (χ0n) is 32.5. The summed E-state index contributed by atoms with van der Waals surface area (Å²) >= 11 is 0. The number of aryl methyl sites for hydroxylation is 2. The fourth-order valence-corrected chi connectivity index (χ4v) is 3.02. The first-order valence-corrected chi connectivity index (χ1v) is 9.73. The van der Waals surface area contributed by atoms with Crippen LogP contribution >= 0.6 is 0 Å². The van der Waals surface area contributed by atoms with E-state index in [1.807, 2.05) is 0 Å². The number of hydrogen-bond acceptors (Lipinski definition) is 7. The average molecular weight is 455 g/mol. The van der Waals surface area contributed by atoms with Gasteiger partial charge < -0.3 is 10.2 Å². The SMILES string of the molecule is [2H]c1nc(Nc2c([2H])c([2H])c(C([2H])([2H])[2H])c(S(N)(=O)=O)c2[2H])nc(N(c2c([2H])c([2H])c3c(C([2H])([2H])[2H])n(C)nc3c2[2H])C([2H])([2H])[2H])c1[2H]. The minimum atomic E-state index is -5.02. The third-order valence-electron chi connectivity index (χ3n) is 3.87. The lowest BCUT2D eigenvalue weighted by molar-refractivity contribution is 0.597. The van der Waals surface area contributed by atoms with Crippen LogP contribution in [-0.2, 0) is 17.1 Å². The molecule has 0 saturated heterocycles. The summed E-state index contributed by atoms with van der Waals surface area (Å²) in [6, 6.07) is -7.12. The zero-order valence-corrected chi connectivity index (χ0v) is 16.4. The topological polar surface area (TPSA) is 119 Å². The highest BCUT2D eigenvalue weighted by Crippen LogP contribution is 2.28. The molecule has 160 valence electrons. The van der Waals surface area contributed by atoms with Crippen molar-refractivity contribution < 1.29 is 31.7 Å². The van der Waals surface area contributed by atoms with Gasteiger partial charge in [0.1, 0.15) is 5.82 Å². The molecule has 0 aliphatic heterocycles. The normalized spacial score (nSPS) is 20.8. The summed E-state index contributed by atoms with van der Waals surface area (Å²) in [6.07, 6.45) is -1.01. The number of benzene rings is 2. The second kappa shape index (κ2) is 7.64. The summed E-state index contributed by atoms with van der Waals surface area (Å²) in [7, 11) is -3.81. The molecule has 0 fully saturated rings. The van der Waals surface area contributed by atoms with E-state index in [9.17, 15) is 8.42 Å². The van der Waals surface area contributed by atoms with E-state index in [-0.39, 0.29) is 4.90 Å². The molecule has 3 N–H and O–H groups in total. The molecule has 4 aromatic rings. The van der Waals surface area contributed by atoms with Crippen LogP contribution in [0.4, 0.5) is 23.1 Å². The highest BCUT2D eigenvalue weighted by molar-refractivity contribution is 7.89. The number of hydrogen-bond donors (Lipinski definition) is 2. The zero-order chi connectivity index (χ0) is 36.8. The molecular weight excluding hydrogens is 414 g/mol. The Morgan fingerprint density at radius 3 is 2.81 bits per heavy atom. The fourth-order valence-electron chi connectivity index (χ4n) is 2.44. The quantitative estimate of drug-likeness (QED) is 0.475. The van der Waals surface area contributed by atoms with E-state index >= 15 is 0 Å². The first kappa shape index (κ1) is 8.56. The molecule has 0 bridgehead atoms. The number of nitrogens with zero attached hydrogens (tertiary/aromatic N) is 5. The van der Waals surface area contributed by atoms with Crippen molar-refractivity contribution >= 4 is 44.1 Å². The minimum Gasteiger partial charge on any atom is -0.329 e. The fraction of sp³-hybridized carbons (Fsp3) is 0.190. The van der Waals surface area contributed by atoms with E-state index in [1.165, 1.54) is 7.05 Å².